The number of benzene rings is 3. The molecule has 2 aliphatic heterocycles. The van der Waals surface area contributed by atoms with Crippen molar-refractivity contribution in [1.82, 2.24) is 14.9 Å². The number of amides is 4. The lowest BCUT2D eigenvalue weighted by atomic mass is 9.50. The average Bonchev–Trinajstić information content (AvgIpc) is 3.58. The van der Waals surface area contributed by atoms with Crippen LogP contribution in [0.4, 0.5) is 19.0 Å². The van der Waals surface area contributed by atoms with E-state index in [1.807, 2.05) is 6.08 Å². The number of carbonyl (C=O) groups is 4. The number of halogens is 5. The molecule has 0 bridgehead atoms. The fourth-order valence-corrected chi connectivity index (χ4v) is 9.56. The number of alkyl halides is 3. The highest BCUT2D eigenvalue weighted by Gasteiger charge is 2.69. The van der Waals surface area contributed by atoms with Crippen molar-refractivity contribution in [2.24, 2.45) is 29.6 Å². The smallest absolute Gasteiger partial charge is 0.417 e. The van der Waals surface area contributed by atoms with E-state index < -0.39 is 69.5 Å². The van der Waals surface area contributed by atoms with Gasteiger partial charge in [0.05, 0.1) is 40.9 Å². The van der Waals surface area contributed by atoms with E-state index in [0.717, 1.165) is 10.6 Å². The van der Waals surface area contributed by atoms with Crippen LogP contribution in [0.15, 0.2) is 96.7 Å². The molecule has 1 saturated carbocycles. The number of hydrogen-bond acceptors (Lipinski definition) is 9. The Balaban J connectivity index is 1.24. The number of methoxy groups -OCH3 is 1. The number of nitrogens with one attached hydrogen (secondary N) is 1. The number of hydrogen-bond donors (Lipinski definition) is 3. The molecule has 3 aromatic carbocycles. The molecule has 11 nitrogen and oxygen atoms in total. The number of phenols is 2. The molecule has 3 heterocycles. The van der Waals surface area contributed by atoms with Crippen molar-refractivity contribution in [3.63, 3.8) is 0 Å². The minimum absolute atomic E-state index is 0.0330. The van der Waals surface area contributed by atoms with Crippen LogP contribution in [0.3, 0.4) is 0 Å². The minimum Gasteiger partial charge on any atom is -0.508 e. The summed E-state index contributed by atoms with van der Waals surface area (Å²) in [4.78, 5) is 63.6. The number of likely N-dealkylation sites (tertiary alicyclic amines) is 1. The van der Waals surface area contributed by atoms with Gasteiger partial charge in [-0.1, -0.05) is 77.3 Å². The number of nitrogens with zero attached hydrogens (tertiary/aromatic N) is 3. The molecule has 4 amide bonds. The maximum atomic E-state index is 15.3. The van der Waals surface area contributed by atoms with E-state index in [1.165, 1.54) is 30.2 Å². The van der Waals surface area contributed by atoms with Crippen LogP contribution in [0, 0.1) is 29.6 Å². The van der Waals surface area contributed by atoms with E-state index in [-0.39, 0.29) is 48.4 Å². The number of anilines is 1. The fourth-order valence-electron chi connectivity index (χ4n) is 9.22. The lowest BCUT2D eigenvalue weighted by Gasteiger charge is -2.49. The number of allylic oxidation sites excluding steroid dienone is 3. The summed E-state index contributed by atoms with van der Waals surface area (Å²) in [6, 6.07) is 18.2. The van der Waals surface area contributed by atoms with Gasteiger partial charge in [0.1, 0.15) is 5.75 Å². The summed E-state index contributed by atoms with van der Waals surface area (Å²) in [6.07, 6.45) is 1.62. The summed E-state index contributed by atoms with van der Waals surface area (Å²) in [5.74, 6) is -6.79. The number of phenolic OH excluding ortho intramolecular Hbond substituents is 2. The van der Waals surface area contributed by atoms with Gasteiger partial charge >= 0.3 is 6.18 Å². The topological polar surface area (TPSA) is 149 Å². The molecule has 8 rings (SSSR count). The first kappa shape index (κ1) is 39.9. The van der Waals surface area contributed by atoms with Gasteiger partial charge in [-0.3, -0.25) is 29.5 Å². The van der Waals surface area contributed by atoms with Gasteiger partial charge in [-0.2, -0.15) is 18.2 Å². The van der Waals surface area contributed by atoms with Gasteiger partial charge in [0, 0.05) is 23.7 Å². The summed E-state index contributed by atoms with van der Waals surface area (Å²) in [5, 5.41) is 20.6. The number of rotatable bonds is 9. The lowest BCUT2D eigenvalue weighted by molar-refractivity contribution is -0.141. The van der Waals surface area contributed by atoms with Gasteiger partial charge < -0.3 is 14.9 Å². The van der Waals surface area contributed by atoms with E-state index in [1.54, 1.807) is 60.7 Å². The van der Waals surface area contributed by atoms with Crippen molar-refractivity contribution >= 4 is 58.7 Å². The molecule has 3 fully saturated rings. The van der Waals surface area contributed by atoms with Gasteiger partial charge in [0.25, 0.3) is 11.8 Å². The van der Waals surface area contributed by atoms with Crippen molar-refractivity contribution in [3.8, 4) is 17.2 Å². The van der Waals surface area contributed by atoms with Gasteiger partial charge in [-0.15, -0.1) is 0 Å². The first-order valence-electron chi connectivity index (χ1n) is 18.7. The van der Waals surface area contributed by atoms with Crippen molar-refractivity contribution < 1.29 is 47.3 Å². The molecular formula is C43H35Cl2F3N4O7. The standard InChI is InChI=1S/C43H35Cl2F3N4O7/c1-59-35-18-23(5-15-34(35)54)4-14-31-28-12-13-29-36(40(57)51(38(29)55)17-16-22-2-10-27(53)11-3-22)30(28)20-32-39(56)52(41(58)42(31,32)24-6-8-26(44)9-7-24)50-37-33(45)19-25(21-49-37)43(46,47)48/h2-12,14-15,18-19,21,29-32,36,53-54H,13,16-17,20H2,1H3,(H,49,50). The zero-order chi connectivity index (χ0) is 42.0. The van der Waals surface area contributed by atoms with Gasteiger partial charge in [0.15, 0.2) is 17.3 Å². The minimum atomic E-state index is -4.76. The predicted octanol–water partition coefficient (Wildman–Crippen LogP) is 7.60. The Hall–Kier alpha value is -5.86. The summed E-state index contributed by atoms with van der Waals surface area (Å²) in [7, 11) is 1.40. The zero-order valence-corrected chi connectivity index (χ0v) is 32.6. The number of fused-ring (bicyclic) bond motifs is 4. The van der Waals surface area contributed by atoms with E-state index in [9.17, 15) is 37.8 Å². The molecule has 4 aliphatic rings. The highest BCUT2D eigenvalue weighted by atomic mass is 35.5. The number of carbonyl (C=O) groups excluding carboxylic acids is 4. The van der Waals surface area contributed by atoms with Crippen molar-refractivity contribution in [2.75, 3.05) is 19.1 Å². The Morgan fingerprint density at radius 2 is 1.68 bits per heavy atom. The molecule has 3 N–H and O–H groups in total. The SMILES string of the molecule is COc1cc(C=CC2C3=CCC4C(=O)N(CCc5ccc(O)cc5)C(=O)C4C3CC3C(=O)N(Nc4ncc(C(F)(F)F)cc4Cl)C(=O)C23c2ccc(Cl)cc2)ccc1O. The second-order valence-corrected chi connectivity index (χ2v) is 15.8. The van der Waals surface area contributed by atoms with Gasteiger partial charge in [-0.25, -0.2) is 4.98 Å². The molecule has 4 aromatic rings. The second kappa shape index (κ2) is 15.1. The first-order chi connectivity index (χ1) is 28.1. The molecule has 0 spiro atoms. The number of ether oxygens (including phenoxy) is 1. The first-order valence-corrected chi connectivity index (χ1v) is 19.4. The molecule has 6 unspecified atom stereocenters. The van der Waals surface area contributed by atoms with Crippen LogP contribution in [0.1, 0.15) is 35.1 Å². The number of hydrazine groups is 1. The van der Waals surface area contributed by atoms with Gasteiger partial charge in [0.2, 0.25) is 11.8 Å². The van der Waals surface area contributed by atoms with Crippen LogP contribution >= 0.6 is 23.2 Å². The lowest BCUT2D eigenvalue weighted by Crippen LogP contribution is -2.54. The van der Waals surface area contributed by atoms with Crippen LogP contribution in [-0.2, 0) is 37.2 Å². The Kier molecular flexibility index (Phi) is 10.2. The number of imide groups is 2. The average molecular weight is 848 g/mol. The third-order valence-corrected chi connectivity index (χ3v) is 12.5. The molecule has 1 aromatic heterocycles. The van der Waals surface area contributed by atoms with Crippen molar-refractivity contribution in [1.29, 1.82) is 0 Å². The molecule has 2 aliphatic carbocycles. The number of aromatic nitrogens is 1. The van der Waals surface area contributed by atoms with E-state index in [4.69, 9.17) is 27.9 Å². The molecule has 304 valence electrons. The molecule has 6 atom stereocenters. The zero-order valence-electron chi connectivity index (χ0n) is 31.1. The predicted molar refractivity (Wildman–Crippen MR) is 210 cm³/mol. The Morgan fingerprint density at radius 3 is 2.36 bits per heavy atom. The maximum Gasteiger partial charge on any atom is 0.417 e. The number of pyridine rings is 1. The Morgan fingerprint density at radius 1 is 0.949 bits per heavy atom. The van der Waals surface area contributed by atoms with Crippen molar-refractivity contribution in [2.45, 2.75) is 30.9 Å². The van der Waals surface area contributed by atoms with Gasteiger partial charge in [-0.05, 0) is 84.3 Å². The summed E-state index contributed by atoms with van der Waals surface area (Å²) >= 11 is 12.6. The van der Waals surface area contributed by atoms with E-state index in [2.05, 4.69) is 10.4 Å². The third-order valence-electron chi connectivity index (χ3n) is 12.0. The summed E-state index contributed by atoms with van der Waals surface area (Å²) < 4.78 is 45.8. The second-order valence-electron chi connectivity index (χ2n) is 15.0. The third kappa shape index (κ3) is 6.77. The van der Waals surface area contributed by atoms with Crippen LogP contribution in [-0.4, -0.2) is 62.4 Å². The van der Waals surface area contributed by atoms with Crippen LogP contribution in [0.2, 0.25) is 10.0 Å². The Labute approximate surface area is 345 Å². The fraction of sp³-hybridized carbons (Fsp3) is 0.279. The quantitative estimate of drug-likeness (QED) is 0.114. The van der Waals surface area contributed by atoms with Crippen LogP contribution in [0.5, 0.6) is 17.2 Å². The molecule has 59 heavy (non-hydrogen) atoms. The van der Waals surface area contributed by atoms with E-state index in [0.29, 0.717) is 40.4 Å². The molecule has 16 heteroatoms. The van der Waals surface area contributed by atoms with Crippen LogP contribution in [0.25, 0.3) is 6.08 Å². The maximum absolute atomic E-state index is 15.3. The largest absolute Gasteiger partial charge is 0.508 e. The number of aromatic hydroxyl groups is 2. The monoisotopic (exact) mass is 846 g/mol. The normalized spacial score (nSPS) is 25.3. The highest BCUT2D eigenvalue weighted by molar-refractivity contribution is 6.33. The molecule has 0 radical (unpaired) electrons. The highest BCUT2D eigenvalue weighted by Crippen LogP contribution is 2.61. The van der Waals surface area contributed by atoms with E-state index >= 15 is 4.79 Å². The summed E-state index contributed by atoms with van der Waals surface area (Å²) in [6.45, 7) is 0.0949. The Bertz CT molecular complexity index is 2440. The van der Waals surface area contributed by atoms with Crippen LogP contribution < -0.4 is 10.2 Å². The van der Waals surface area contributed by atoms with Crippen molar-refractivity contribution in [3.05, 3.63) is 129 Å². The molecular weight excluding hydrogens is 812 g/mol. The summed E-state index contributed by atoms with van der Waals surface area (Å²) in [5.41, 5.74) is 2.23. The molecule has 2 saturated heterocycles.